The van der Waals surface area contributed by atoms with Crippen molar-refractivity contribution in [2.75, 3.05) is 6.61 Å². The molecule has 0 aromatic heterocycles. The molecule has 4 nitrogen and oxygen atoms in total. The molecule has 1 aromatic carbocycles. The summed E-state index contributed by atoms with van der Waals surface area (Å²) in [7, 11) is 0. The number of carbonyl (C=O) groups is 2. The van der Waals surface area contributed by atoms with E-state index in [0.29, 0.717) is 6.61 Å². The minimum atomic E-state index is -1.34. The summed E-state index contributed by atoms with van der Waals surface area (Å²) in [6.07, 6.45) is 7.53. The zero-order valence-corrected chi connectivity index (χ0v) is 13.1. The Balaban J connectivity index is 1.47. The summed E-state index contributed by atoms with van der Waals surface area (Å²) < 4.78 is 5.57. The van der Waals surface area contributed by atoms with Crippen LogP contribution in [0.2, 0.25) is 0 Å². The van der Waals surface area contributed by atoms with Gasteiger partial charge >= 0.3 is 5.97 Å². The molecule has 0 spiro atoms. The lowest BCUT2D eigenvalue weighted by Gasteiger charge is -2.56. The Morgan fingerprint density at radius 2 is 1.52 bits per heavy atom. The van der Waals surface area contributed by atoms with Crippen molar-refractivity contribution in [2.24, 2.45) is 23.2 Å². The molecule has 0 atom stereocenters. The van der Waals surface area contributed by atoms with Gasteiger partial charge in [-0.3, -0.25) is 0 Å². The number of esters is 1. The molecule has 122 valence electrons. The summed E-state index contributed by atoms with van der Waals surface area (Å²) in [5.74, 6) is 0.522. The number of ether oxygens (including phenoxy) is 1. The molecule has 23 heavy (non-hydrogen) atoms. The molecule has 4 aliphatic carbocycles. The monoisotopic (exact) mass is 313 g/mol. The second-order valence-electron chi connectivity index (χ2n) is 7.83. The van der Waals surface area contributed by atoms with Gasteiger partial charge in [-0.1, -0.05) is 18.2 Å². The average Bonchev–Trinajstić information content (AvgIpc) is 2.51. The van der Waals surface area contributed by atoms with Crippen LogP contribution in [0.15, 0.2) is 24.3 Å². The summed E-state index contributed by atoms with van der Waals surface area (Å²) in [5.41, 5.74) is 0.140. The fourth-order valence-corrected chi connectivity index (χ4v) is 5.60. The van der Waals surface area contributed by atoms with Gasteiger partial charge in [0, 0.05) is 11.0 Å². The predicted molar refractivity (Wildman–Crippen MR) is 81.7 cm³/mol. The number of carboxylic acids is 1. The van der Waals surface area contributed by atoms with Crippen LogP contribution in [0.1, 0.15) is 59.2 Å². The molecule has 0 aliphatic heterocycles. The fourth-order valence-electron chi connectivity index (χ4n) is 5.60. The molecule has 5 rings (SSSR count). The predicted octanol–water partition coefficient (Wildman–Crippen LogP) is 2.42. The van der Waals surface area contributed by atoms with E-state index >= 15 is 0 Å². The maximum atomic E-state index is 12.3. The Labute approximate surface area is 135 Å². The highest BCUT2D eigenvalue weighted by molar-refractivity contribution is 6.01. The molecule has 0 heterocycles. The number of rotatable bonds is 4. The standard InChI is InChI=1S/C19H22O4/c20-17(21)15-3-1-2-4-16(15)18(22)23-11-19-8-12-5-13(9-19)7-14(6-12)10-19/h1-4,12-14H,5-11H2,(H,20,21)/p-1. The van der Waals surface area contributed by atoms with Crippen LogP contribution in [0.4, 0.5) is 0 Å². The molecular formula is C19H21O4-. The summed E-state index contributed by atoms with van der Waals surface area (Å²) >= 11 is 0. The number of hydrogen-bond donors (Lipinski definition) is 0. The van der Waals surface area contributed by atoms with Crippen LogP contribution in [0, 0.1) is 23.2 Å². The van der Waals surface area contributed by atoms with Crippen molar-refractivity contribution in [3.63, 3.8) is 0 Å². The highest BCUT2D eigenvalue weighted by atomic mass is 16.5. The van der Waals surface area contributed by atoms with Crippen LogP contribution in [0.5, 0.6) is 0 Å². The van der Waals surface area contributed by atoms with Gasteiger partial charge < -0.3 is 14.6 Å². The van der Waals surface area contributed by atoms with Crippen LogP contribution >= 0.6 is 0 Å². The minimum absolute atomic E-state index is 0.0944. The average molecular weight is 313 g/mol. The zero-order chi connectivity index (χ0) is 16.0. The zero-order valence-electron chi connectivity index (χ0n) is 13.1. The van der Waals surface area contributed by atoms with E-state index in [1.165, 1.54) is 31.4 Å². The van der Waals surface area contributed by atoms with E-state index in [2.05, 4.69) is 0 Å². The van der Waals surface area contributed by atoms with Gasteiger partial charge in [-0.05, 0) is 62.3 Å². The van der Waals surface area contributed by atoms with E-state index in [-0.39, 0.29) is 16.5 Å². The molecular weight excluding hydrogens is 292 g/mol. The van der Waals surface area contributed by atoms with Crippen LogP contribution in [0.3, 0.4) is 0 Å². The molecule has 0 N–H and O–H groups in total. The van der Waals surface area contributed by atoms with Gasteiger partial charge in [-0.2, -0.15) is 0 Å². The van der Waals surface area contributed by atoms with Gasteiger partial charge in [0.2, 0.25) is 0 Å². The number of carboxylic acid groups (broad SMARTS) is 1. The van der Waals surface area contributed by atoms with Crippen molar-refractivity contribution in [2.45, 2.75) is 38.5 Å². The normalized spacial score (nSPS) is 34.3. The maximum absolute atomic E-state index is 12.3. The van der Waals surface area contributed by atoms with E-state index in [1.807, 2.05) is 0 Å². The van der Waals surface area contributed by atoms with E-state index in [0.717, 1.165) is 37.0 Å². The molecule has 0 radical (unpaired) electrons. The largest absolute Gasteiger partial charge is 0.545 e. The molecule has 4 fully saturated rings. The minimum Gasteiger partial charge on any atom is -0.545 e. The summed E-state index contributed by atoms with van der Waals surface area (Å²) in [6.45, 7) is 0.427. The number of hydrogen-bond acceptors (Lipinski definition) is 4. The van der Waals surface area contributed by atoms with Crippen molar-refractivity contribution in [3.8, 4) is 0 Å². The summed E-state index contributed by atoms with van der Waals surface area (Å²) in [4.78, 5) is 23.5. The first-order valence-corrected chi connectivity index (χ1v) is 8.52. The molecule has 0 saturated heterocycles. The molecule has 1 aromatic rings. The van der Waals surface area contributed by atoms with Crippen LogP contribution < -0.4 is 5.11 Å². The fraction of sp³-hybridized carbons (Fsp3) is 0.579. The van der Waals surface area contributed by atoms with E-state index < -0.39 is 11.9 Å². The highest BCUT2D eigenvalue weighted by Gasteiger charge is 2.51. The number of aromatic carboxylic acids is 1. The second kappa shape index (κ2) is 5.36. The van der Waals surface area contributed by atoms with Crippen LogP contribution in [-0.2, 0) is 4.74 Å². The molecule has 4 heteroatoms. The maximum Gasteiger partial charge on any atom is 0.338 e. The Morgan fingerprint density at radius 1 is 1.00 bits per heavy atom. The van der Waals surface area contributed by atoms with Gasteiger partial charge in [0.05, 0.1) is 18.1 Å². The van der Waals surface area contributed by atoms with Crippen molar-refractivity contribution in [1.29, 1.82) is 0 Å². The van der Waals surface area contributed by atoms with Gasteiger partial charge in [0.1, 0.15) is 0 Å². The van der Waals surface area contributed by atoms with Crippen molar-refractivity contribution in [3.05, 3.63) is 35.4 Å². The lowest BCUT2D eigenvalue weighted by atomic mass is 9.50. The second-order valence-corrected chi connectivity index (χ2v) is 7.83. The van der Waals surface area contributed by atoms with Crippen LogP contribution in [-0.4, -0.2) is 18.5 Å². The third-order valence-electron chi connectivity index (χ3n) is 6.04. The van der Waals surface area contributed by atoms with Crippen molar-refractivity contribution in [1.82, 2.24) is 0 Å². The Bertz CT molecular complexity index is 613. The van der Waals surface area contributed by atoms with Gasteiger partial charge in [-0.25, -0.2) is 4.79 Å². The van der Waals surface area contributed by atoms with E-state index in [9.17, 15) is 14.7 Å². The number of carbonyl (C=O) groups excluding carboxylic acids is 2. The third kappa shape index (κ3) is 2.64. The van der Waals surface area contributed by atoms with Crippen LogP contribution in [0.25, 0.3) is 0 Å². The topological polar surface area (TPSA) is 66.4 Å². The van der Waals surface area contributed by atoms with Crippen molar-refractivity contribution >= 4 is 11.9 Å². The molecule has 0 amide bonds. The summed E-state index contributed by atoms with van der Waals surface area (Å²) in [5, 5.41) is 11.1. The smallest absolute Gasteiger partial charge is 0.338 e. The molecule has 4 bridgehead atoms. The lowest BCUT2D eigenvalue weighted by Crippen LogP contribution is -2.48. The Morgan fingerprint density at radius 3 is 2.04 bits per heavy atom. The third-order valence-corrected chi connectivity index (χ3v) is 6.04. The van der Waals surface area contributed by atoms with E-state index in [1.54, 1.807) is 12.1 Å². The first-order valence-electron chi connectivity index (χ1n) is 8.52. The molecule has 0 unspecified atom stereocenters. The van der Waals surface area contributed by atoms with Gasteiger partial charge in [0.15, 0.2) is 0 Å². The Hall–Kier alpha value is -1.84. The van der Waals surface area contributed by atoms with Gasteiger partial charge in [-0.15, -0.1) is 0 Å². The summed E-state index contributed by atoms with van der Waals surface area (Å²) in [6, 6.07) is 6.11. The van der Waals surface area contributed by atoms with E-state index in [4.69, 9.17) is 4.74 Å². The lowest BCUT2D eigenvalue weighted by molar-refractivity contribution is -0.255. The molecule has 4 aliphatic rings. The Kier molecular flexibility index (Phi) is 3.43. The van der Waals surface area contributed by atoms with Crippen molar-refractivity contribution < 1.29 is 19.4 Å². The van der Waals surface area contributed by atoms with Gasteiger partial charge in [0.25, 0.3) is 0 Å². The SMILES string of the molecule is O=C([O-])c1ccccc1C(=O)OCC12CC3CC(CC(C3)C1)C2. The first kappa shape index (κ1) is 14.7. The number of benzene rings is 1. The molecule has 4 saturated carbocycles. The quantitative estimate of drug-likeness (QED) is 0.801. The first-order chi connectivity index (χ1) is 11.0. The highest BCUT2D eigenvalue weighted by Crippen LogP contribution is 2.60.